The van der Waals surface area contributed by atoms with E-state index in [2.05, 4.69) is 10.6 Å². The summed E-state index contributed by atoms with van der Waals surface area (Å²) in [5.41, 5.74) is 1.64. The van der Waals surface area contributed by atoms with E-state index in [-0.39, 0.29) is 18.4 Å². The van der Waals surface area contributed by atoms with Crippen molar-refractivity contribution in [3.63, 3.8) is 0 Å². The molecule has 0 aliphatic carbocycles. The van der Waals surface area contributed by atoms with Crippen LogP contribution in [0.2, 0.25) is 0 Å². The Morgan fingerprint density at radius 3 is 2.67 bits per heavy atom. The maximum absolute atomic E-state index is 11.6. The minimum absolute atomic E-state index is 0.0934. The third-order valence-corrected chi connectivity index (χ3v) is 2.95. The minimum Gasteiger partial charge on any atom is -0.508 e. The van der Waals surface area contributed by atoms with Gasteiger partial charge < -0.3 is 20.5 Å². The van der Waals surface area contributed by atoms with Crippen LogP contribution in [0.1, 0.15) is 11.6 Å². The first kappa shape index (κ1) is 10.6. The molecule has 2 aliphatic heterocycles. The molecule has 0 fully saturated rings. The molecule has 0 radical (unpaired) electrons. The molecule has 0 unspecified atom stereocenters. The van der Waals surface area contributed by atoms with Crippen molar-refractivity contribution in [1.82, 2.24) is 10.6 Å². The lowest BCUT2D eigenvalue weighted by Crippen LogP contribution is -2.44. The second-order valence-electron chi connectivity index (χ2n) is 4.09. The van der Waals surface area contributed by atoms with Crippen LogP contribution < -0.4 is 10.6 Å². The Morgan fingerprint density at radius 1 is 1.22 bits per heavy atom. The van der Waals surface area contributed by atoms with Gasteiger partial charge in [0.05, 0.1) is 17.3 Å². The number of carbonyl (C=O) groups is 2. The van der Waals surface area contributed by atoms with Gasteiger partial charge in [0.1, 0.15) is 12.4 Å². The fourth-order valence-electron chi connectivity index (χ4n) is 2.11. The number of esters is 1. The molecule has 0 aromatic heterocycles. The molecule has 1 aromatic rings. The van der Waals surface area contributed by atoms with Gasteiger partial charge in [0.25, 0.3) is 0 Å². The van der Waals surface area contributed by atoms with Crippen molar-refractivity contribution in [3.05, 3.63) is 41.1 Å². The van der Waals surface area contributed by atoms with Gasteiger partial charge in [-0.1, -0.05) is 12.1 Å². The molecule has 0 bridgehead atoms. The highest BCUT2D eigenvalue weighted by molar-refractivity contribution is 5.97. The number of phenols is 1. The molecule has 2 heterocycles. The van der Waals surface area contributed by atoms with Crippen molar-refractivity contribution in [2.24, 2.45) is 0 Å². The van der Waals surface area contributed by atoms with Crippen molar-refractivity contribution in [1.29, 1.82) is 0 Å². The SMILES string of the molecule is O=C1NC2=C(C(=O)OC2)[C@H](c2ccc(O)cc2)N1. The van der Waals surface area contributed by atoms with Crippen molar-refractivity contribution in [3.8, 4) is 5.75 Å². The molecule has 6 heteroatoms. The van der Waals surface area contributed by atoms with Crippen LogP contribution in [-0.2, 0) is 9.53 Å². The molecule has 18 heavy (non-hydrogen) atoms. The molecular weight excluding hydrogens is 236 g/mol. The Morgan fingerprint density at radius 2 is 1.94 bits per heavy atom. The molecule has 3 rings (SSSR count). The number of hydrogen-bond acceptors (Lipinski definition) is 4. The van der Waals surface area contributed by atoms with Gasteiger partial charge in [-0.05, 0) is 17.7 Å². The second-order valence-corrected chi connectivity index (χ2v) is 4.09. The summed E-state index contributed by atoms with van der Waals surface area (Å²) in [7, 11) is 0. The van der Waals surface area contributed by atoms with E-state index >= 15 is 0 Å². The Kier molecular flexibility index (Phi) is 2.22. The van der Waals surface area contributed by atoms with Crippen LogP contribution in [0.25, 0.3) is 0 Å². The van der Waals surface area contributed by atoms with Gasteiger partial charge in [-0.25, -0.2) is 9.59 Å². The number of amides is 2. The van der Waals surface area contributed by atoms with Crippen LogP contribution in [-0.4, -0.2) is 23.7 Å². The first-order chi connectivity index (χ1) is 8.65. The van der Waals surface area contributed by atoms with Gasteiger partial charge in [-0.2, -0.15) is 0 Å². The van der Waals surface area contributed by atoms with Gasteiger partial charge in [0.2, 0.25) is 0 Å². The van der Waals surface area contributed by atoms with Crippen LogP contribution in [0, 0.1) is 0 Å². The zero-order valence-electron chi connectivity index (χ0n) is 9.27. The van der Waals surface area contributed by atoms with Gasteiger partial charge in [0, 0.05) is 0 Å². The average molecular weight is 246 g/mol. The number of aromatic hydroxyl groups is 1. The third-order valence-electron chi connectivity index (χ3n) is 2.95. The van der Waals surface area contributed by atoms with Crippen molar-refractivity contribution in [2.45, 2.75) is 6.04 Å². The minimum atomic E-state index is -0.538. The third kappa shape index (κ3) is 1.58. The smallest absolute Gasteiger partial charge is 0.338 e. The van der Waals surface area contributed by atoms with Gasteiger partial charge in [-0.3, -0.25) is 0 Å². The molecule has 1 atom stereocenters. The predicted molar refractivity (Wildman–Crippen MR) is 60.5 cm³/mol. The summed E-state index contributed by atoms with van der Waals surface area (Å²) in [5, 5.41) is 14.5. The lowest BCUT2D eigenvalue weighted by molar-refractivity contribution is -0.136. The highest BCUT2D eigenvalue weighted by Gasteiger charge is 2.37. The molecule has 3 N–H and O–H groups in total. The summed E-state index contributed by atoms with van der Waals surface area (Å²) in [6.45, 7) is 0.0934. The molecular formula is C12H10N2O4. The summed E-state index contributed by atoms with van der Waals surface area (Å²) in [5.74, 6) is -0.308. The number of urea groups is 1. The standard InChI is InChI=1S/C12H10N2O4/c15-7-3-1-6(2-4-7)10-9-8(5-18-11(9)16)13-12(17)14-10/h1-4,10,15H,5H2,(H2,13,14,17)/t10-/m0/s1. The summed E-state index contributed by atoms with van der Waals surface area (Å²) in [6.07, 6.45) is 0. The van der Waals surface area contributed by atoms with E-state index in [1.54, 1.807) is 12.1 Å². The lowest BCUT2D eigenvalue weighted by atomic mass is 9.96. The molecule has 1 aromatic carbocycles. The van der Waals surface area contributed by atoms with Gasteiger partial charge in [0.15, 0.2) is 0 Å². The van der Waals surface area contributed by atoms with E-state index in [1.165, 1.54) is 12.1 Å². The summed E-state index contributed by atoms with van der Waals surface area (Å²) in [6, 6.07) is 5.41. The zero-order valence-corrected chi connectivity index (χ0v) is 9.27. The number of carbonyl (C=O) groups excluding carboxylic acids is 2. The first-order valence-corrected chi connectivity index (χ1v) is 5.42. The Hall–Kier alpha value is -2.50. The molecule has 0 saturated carbocycles. The number of nitrogens with one attached hydrogen (secondary N) is 2. The number of rotatable bonds is 1. The van der Waals surface area contributed by atoms with Crippen molar-refractivity contribution < 1.29 is 19.4 Å². The normalized spacial score (nSPS) is 22.1. The zero-order chi connectivity index (χ0) is 12.7. The first-order valence-electron chi connectivity index (χ1n) is 5.42. The van der Waals surface area contributed by atoms with E-state index in [0.29, 0.717) is 16.8 Å². The van der Waals surface area contributed by atoms with Crippen LogP contribution in [0.15, 0.2) is 35.5 Å². The number of hydrogen-bond donors (Lipinski definition) is 3. The van der Waals surface area contributed by atoms with Crippen LogP contribution >= 0.6 is 0 Å². The summed E-state index contributed by atoms with van der Waals surface area (Å²) < 4.78 is 4.91. The van der Waals surface area contributed by atoms with Crippen molar-refractivity contribution in [2.75, 3.05) is 6.61 Å². The van der Waals surface area contributed by atoms with Crippen LogP contribution in [0.5, 0.6) is 5.75 Å². The number of phenolic OH excluding ortho intramolecular Hbond substituents is 1. The maximum Gasteiger partial charge on any atom is 0.338 e. The molecule has 92 valence electrons. The lowest BCUT2D eigenvalue weighted by Gasteiger charge is -2.24. The largest absolute Gasteiger partial charge is 0.508 e. The van der Waals surface area contributed by atoms with Crippen molar-refractivity contribution >= 4 is 12.0 Å². The second kappa shape index (κ2) is 3.76. The molecule has 0 spiro atoms. The van der Waals surface area contributed by atoms with E-state index < -0.39 is 12.0 Å². The topological polar surface area (TPSA) is 87.7 Å². The Balaban J connectivity index is 2.04. The van der Waals surface area contributed by atoms with Gasteiger partial charge in [-0.15, -0.1) is 0 Å². The quantitative estimate of drug-likeness (QED) is 0.632. The Bertz CT molecular complexity index is 562. The van der Waals surface area contributed by atoms with E-state index in [0.717, 1.165) is 0 Å². The van der Waals surface area contributed by atoms with Gasteiger partial charge >= 0.3 is 12.0 Å². The highest BCUT2D eigenvalue weighted by atomic mass is 16.5. The van der Waals surface area contributed by atoms with E-state index in [4.69, 9.17) is 4.74 Å². The van der Waals surface area contributed by atoms with E-state index in [9.17, 15) is 14.7 Å². The maximum atomic E-state index is 11.6. The number of benzene rings is 1. The number of ether oxygens (including phenoxy) is 1. The molecule has 2 amide bonds. The molecule has 0 saturated heterocycles. The van der Waals surface area contributed by atoms with Crippen LogP contribution in [0.3, 0.4) is 0 Å². The Labute approximate surface area is 102 Å². The highest BCUT2D eigenvalue weighted by Crippen LogP contribution is 2.31. The fourth-order valence-corrected chi connectivity index (χ4v) is 2.11. The van der Waals surface area contributed by atoms with E-state index in [1.807, 2.05) is 0 Å². The fraction of sp³-hybridized carbons (Fsp3) is 0.167. The molecule has 2 aliphatic rings. The van der Waals surface area contributed by atoms with Crippen LogP contribution in [0.4, 0.5) is 4.79 Å². The monoisotopic (exact) mass is 246 g/mol. The summed E-state index contributed by atoms with van der Waals surface area (Å²) >= 11 is 0. The number of cyclic esters (lactones) is 1. The summed E-state index contributed by atoms with van der Waals surface area (Å²) in [4.78, 5) is 23.1. The average Bonchev–Trinajstić information content (AvgIpc) is 2.71. The predicted octanol–water partition coefficient (Wildman–Crippen LogP) is 0.557. The molecule has 6 nitrogen and oxygen atoms in total.